The summed E-state index contributed by atoms with van der Waals surface area (Å²) in [6, 6.07) is 11.7. The number of imide groups is 1. The third-order valence-electron chi connectivity index (χ3n) is 14.0. The van der Waals surface area contributed by atoms with E-state index >= 15 is 8.78 Å². The minimum Gasteiger partial charge on any atom is -0.445 e. The molecule has 0 saturated carbocycles. The molecule has 1 aromatic heterocycles. The minimum atomic E-state index is -1.25. The fourth-order valence-corrected chi connectivity index (χ4v) is 10.4. The Bertz CT molecular complexity index is 2980. The van der Waals surface area contributed by atoms with Crippen LogP contribution in [-0.2, 0) is 46.7 Å². The molecule has 20 nitrogen and oxygen atoms in total. The molecule has 0 unspecified atom stereocenters. The van der Waals surface area contributed by atoms with Gasteiger partial charge in [-0.15, -0.1) is 0 Å². The first-order valence-electron chi connectivity index (χ1n) is 27.9. The van der Waals surface area contributed by atoms with Crippen LogP contribution in [0, 0.1) is 34.7 Å². The molecule has 4 aromatic rings. The van der Waals surface area contributed by atoms with Crippen LogP contribution in [0.4, 0.5) is 32.8 Å². The number of rotatable bonds is 30. The van der Waals surface area contributed by atoms with Gasteiger partial charge in [0.15, 0.2) is 0 Å². The Morgan fingerprint density at radius 1 is 0.857 bits per heavy atom. The molecule has 1 saturated heterocycles. The molecule has 0 bridgehead atoms. The van der Waals surface area contributed by atoms with Gasteiger partial charge in [0.2, 0.25) is 23.6 Å². The number of nitrogens with one attached hydrogen (secondary N) is 6. The molecule has 1 fully saturated rings. The number of primary amides is 1. The number of thioether (sulfide) groups is 1. The minimum absolute atomic E-state index is 0.00147. The average Bonchev–Trinajstić information content (AvgIpc) is 2.62. The standard InChI is InChI=1S/C59H75F4N11O9S/c1-36(2)52(71-48(75)14-7-6-8-25-73-49(76)21-22-50(73)77)56(80)70-46(13-10-23-66-57(64)81)55(79)68-42-18-15-37(16-19-42)34-83-58(82)67-24-26-84-35-51(78)74(32-39-29-65-30-45(39)63)53(59(3,4)5)54-69-47(43-28-41(61)17-20-44(43)62)33-72(54)31-38-11-9-12-40(60)27-38/h9,11-12,15-22,27-28,33,36,39,45-46,52-53,65H,6-8,10,13-14,23-26,29-32,34-35H2,1-5H3,(H,67,82)(H,68,79)(H,70,80)(H,71,75)(H3,64,66,81)/t39-,45-,46-,52-,53-/m0/s1. The molecule has 9 amide bonds. The maximum Gasteiger partial charge on any atom is 0.407 e. The number of alkyl carbamates (subject to hydrolysis) is 1. The van der Waals surface area contributed by atoms with E-state index in [1.807, 2.05) is 20.8 Å². The number of benzene rings is 3. The highest BCUT2D eigenvalue weighted by Crippen LogP contribution is 2.41. The van der Waals surface area contributed by atoms with E-state index in [0.717, 1.165) is 23.1 Å². The fraction of sp³-hybridized carbons (Fsp3) is 0.475. The number of nitrogens with zero attached hydrogens (tertiary/aromatic N) is 4. The first kappa shape index (κ1) is 65.4. The number of carbonyl (C=O) groups excluding carboxylic acids is 8. The summed E-state index contributed by atoms with van der Waals surface area (Å²) >= 11 is 1.23. The molecule has 6 rings (SSSR count). The topological polar surface area (TPSA) is 268 Å². The van der Waals surface area contributed by atoms with Crippen molar-refractivity contribution < 1.29 is 60.7 Å². The number of hydrogen-bond donors (Lipinski definition) is 7. The first-order chi connectivity index (χ1) is 40.0. The van der Waals surface area contributed by atoms with Crippen LogP contribution in [0.2, 0.25) is 0 Å². The quantitative estimate of drug-likeness (QED) is 0.0164. The van der Waals surface area contributed by atoms with Gasteiger partial charge in [0.1, 0.15) is 48.1 Å². The van der Waals surface area contributed by atoms with Gasteiger partial charge >= 0.3 is 12.1 Å². The van der Waals surface area contributed by atoms with Gasteiger partial charge in [-0.25, -0.2) is 32.1 Å². The Labute approximate surface area is 490 Å². The molecule has 0 radical (unpaired) electrons. The van der Waals surface area contributed by atoms with Crippen molar-refractivity contribution in [2.24, 2.45) is 23.0 Å². The highest BCUT2D eigenvalue weighted by molar-refractivity contribution is 7.99. The number of halogens is 4. The van der Waals surface area contributed by atoms with Gasteiger partial charge in [-0.2, -0.15) is 11.8 Å². The van der Waals surface area contributed by atoms with Crippen molar-refractivity contribution in [1.82, 2.24) is 45.9 Å². The second kappa shape index (κ2) is 31.2. The normalized spacial score (nSPS) is 16.0. The highest BCUT2D eigenvalue weighted by atomic mass is 32.2. The Balaban J connectivity index is 1.01. The molecular weight excluding hydrogens is 1110 g/mol. The van der Waals surface area contributed by atoms with Crippen LogP contribution in [0.15, 0.2) is 85.1 Å². The van der Waals surface area contributed by atoms with Crippen molar-refractivity contribution in [2.45, 2.75) is 111 Å². The molecule has 3 heterocycles. The number of carbonyl (C=O) groups is 8. The highest BCUT2D eigenvalue weighted by Gasteiger charge is 2.41. The lowest BCUT2D eigenvalue weighted by Crippen LogP contribution is -2.54. The van der Waals surface area contributed by atoms with E-state index in [0.29, 0.717) is 48.4 Å². The number of alkyl halides is 1. The third kappa shape index (κ3) is 19.7. The molecule has 454 valence electrons. The summed E-state index contributed by atoms with van der Waals surface area (Å²) in [4.78, 5) is 110. The van der Waals surface area contributed by atoms with Crippen LogP contribution < -0.4 is 37.6 Å². The predicted octanol–water partition coefficient (Wildman–Crippen LogP) is 6.65. The van der Waals surface area contributed by atoms with Gasteiger partial charge in [0, 0.05) is 93.5 Å². The predicted molar refractivity (Wildman–Crippen MR) is 309 cm³/mol. The molecule has 84 heavy (non-hydrogen) atoms. The van der Waals surface area contributed by atoms with Crippen LogP contribution in [-0.4, -0.2) is 136 Å². The monoisotopic (exact) mass is 1190 g/mol. The number of imidazole rings is 1. The van der Waals surface area contributed by atoms with E-state index < -0.39 is 77.0 Å². The van der Waals surface area contributed by atoms with Gasteiger partial charge in [-0.1, -0.05) is 65.3 Å². The number of ether oxygens (including phenoxy) is 1. The summed E-state index contributed by atoms with van der Waals surface area (Å²) < 4.78 is 66.7. The number of unbranched alkanes of at least 4 members (excludes halogenated alkanes) is 2. The van der Waals surface area contributed by atoms with E-state index in [9.17, 15) is 47.1 Å². The summed E-state index contributed by atoms with van der Waals surface area (Å²) in [7, 11) is 0. The van der Waals surface area contributed by atoms with Crippen molar-refractivity contribution >= 4 is 65.0 Å². The summed E-state index contributed by atoms with van der Waals surface area (Å²) in [6.07, 6.45) is 3.93. The molecule has 25 heteroatoms. The van der Waals surface area contributed by atoms with Crippen molar-refractivity contribution in [3.8, 4) is 11.3 Å². The van der Waals surface area contributed by atoms with E-state index in [2.05, 4.69) is 31.9 Å². The number of aromatic nitrogens is 2. The summed E-state index contributed by atoms with van der Waals surface area (Å²) in [5.41, 5.74) is 5.90. The van der Waals surface area contributed by atoms with Gasteiger partial charge in [0.25, 0.3) is 11.8 Å². The summed E-state index contributed by atoms with van der Waals surface area (Å²) in [6.45, 7) is 9.98. The van der Waals surface area contributed by atoms with Crippen molar-refractivity contribution in [1.29, 1.82) is 0 Å². The molecule has 2 aliphatic rings. The lowest BCUT2D eigenvalue weighted by Gasteiger charge is -2.41. The molecule has 2 aliphatic heterocycles. The fourth-order valence-electron chi connectivity index (χ4n) is 9.70. The van der Waals surface area contributed by atoms with Crippen molar-refractivity contribution in [3.63, 3.8) is 0 Å². The zero-order valence-corrected chi connectivity index (χ0v) is 48.6. The Kier molecular flexibility index (Phi) is 24.3. The Hall–Kier alpha value is -7.80. The number of amides is 9. The molecule has 0 aliphatic carbocycles. The molecule has 3 aromatic carbocycles. The molecule has 0 spiro atoms. The van der Waals surface area contributed by atoms with Gasteiger partial charge in [0.05, 0.1) is 17.5 Å². The molecular formula is C59H75F4N11O9S. The van der Waals surface area contributed by atoms with E-state index in [1.165, 1.54) is 42.2 Å². The SMILES string of the molecule is CC(C)[C@H](NC(=O)CCCCCN1C(=O)C=CC1=O)C(=O)N[C@@H](CCCNC(N)=O)C(=O)Nc1ccc(COC(=O)NCCSCC(=O)N(C[C@@H]2CNC[C@@H]2F)[C@@H](c2nc(-c3cc(F)ccc3F)cn2Cc2cccc(F)c2)C(C)(C)C)cc1. The average molecular weight is 1190 g/mol. The van der Waals surface area contributed by atoms with Crippen LogP contribution in [0.3, 0.4) is 0 Å². The second-order valence-corrected chi connectivity index (χ2v) is 23.2. The summed E-state index contributed by atoms with van der Waals surface area (Å²) in [5, 5.41) is 16.4. The van der Waals surface area contributed by atoms with E-state index in [1.54, 1.807) is 59.7 Å². The first-order valence-corrected chi connectivity index (χ1v) is 29.1. The van der Waals surface area contributed by atoms with Gasteiger partial charge in [-0.3, -0.25) is 33.7 Å². The Morgan fingerprint density at radius 2 is 1.58 bits per heavy atom. The van der Waals surface area contributed by atoms with Crippen LogP contribution in [0.1, 0.15) is 96.1 Å². The van der Waals surface area contributed by atoms with Crippen molar-refractivity contribution in [2.75, 3.05) is 56.1 Å². The maximum absolute atomic E-state index is 15.4. The van der Waals surface area contributed by atoms with Crippen LogP contribution in [0.25, 0.3) is 11.3 Å². The van der Waals surface area contributed by atoms with E-state index in [-0.39, 0.29) is 117 Å². The smallest absolute Gasteiger partial charge is 0.407 e. The lowest BCUT2D eigenvalue weighted by molar-refractivity contribution is -0.137. The zero-order chi connectivity index (χ0) is 61.1. The zero-order valence-electron chi connectivity index (χ0n) is 47.8. The number of hydrogen-bond acceptors (Lipinski definition) is 12. The lowest BCUT2D eigenvalue weighted by atomic mass is 9.84. The van der Waals surface area contributed by atoms with Crippen molar-refractivity contribution in [3.05, 3.63) is 119 Å². The molecule has 8 N–H and O–H groups in total. The molecule has 5 atom stereocenters. The van der Waals surface area contributed by atoms with Crippen LogP contribution >= 0.6 is 11.8 Å². The maximum atomic E-state index is 15.4. The number of nitrogens with two attached hydrogens (primary N) is 1. The van der Waals surface area contributed by atoms with Gasteiger partial charge in [-0.05, 0) is 90.6 Å². The Morgan fingerprint density at radius 3 is 2.25 bits per heavy atom. The van der Waals surface area contributed by atoms with E-state index in [4.69, 9.17) is 15.5 Å². The summed E-state index contributed by atoms with van der Waals surface area (Å²) in [5.74, 6) is -4.98. The van der Waals surface area contributed by atoms with Gasteiger partial charge < -0.3 is 51.8 Å². The number of anilines is 1. The second-order valence-electron chi connectivity index (χ2n) is 22.1. The van der Waals surface area contributed by atoms with Crippen LogP contribution in [0.5, 0.6) is 0 Å². The third-order valence-corrected chi connectivity index (χ3v) is 15.0. The number of urea groups is 1. The largest absolute Gasteiger partial charge is 0.445 e.